The lowest BCUT2D eigenvalue weighted by molar-refractivity contribution is 0.262. The minimum atomic E-state index is -3.87. The average molecular weight is 411 g/mol. The van der Waals surface area contributed by atoms with Gasteiger partial charge in [0, 0.05) is 45.0 Å². The first-order chi connectivity index (χ1) is 13.4. The molecule has 0 radical (unpaired) electrons. The molecule has 9 heteroatoms. The van der Waals surface area contributed by atoms with E-state index in [1.54, 1.807) is 7.11 Å². The topological polar surface area (TPSA) is 61.9 Å². The zero-order valence-electron chi connectivity index (χ0n) is 15.6. The van der Waals surface area contributed by atoms with Crippen LogP contribution >= 0.6 is 0 Å². The van der Waals surface area contributed by atoms with Crippen molar-refractivity contribution in [3.05, 3.63) is 54.1 Å². The molecule has 6 nitrogen and oxygen atoms in total. The fourth-order valence-electron chi connectivity index (χ4n) is 3.09. The van der Waals surface area contributed by atoms with Gasteiger partial charge in [-0.15, -0.1) is 0 Å². The molecule has 0 spiro atoms. The Bertz CT molecular complexity index is 899. The molecule has 1 fully saturated rings. The summed E-state index contributed by atoms with van der Waals surface area (Å²) in [4.78, 5) is 4.14. The number of nitrogens with one attached hydrogen (secondary N) is 1. The zero-order chi connectivity index (χ0) is 20.1. The molecule has 1 N–H and O–H groups in total. The van der Waals surface area contributed by atoms with E-state index in [1.807, 2.05) is 24.3 Å². The smallest absolute Gasteiger partial charge is 0.240 e. The lowest BCUT2D eigenvalue weighted by Gasteiger charge is -2.36. The van der Waals surface area contributed by atoms with E-state index < -0.39 is 21.7 Å². The van der Waals surface area contributed by atoms with Crippen LogP contribution in [0.5, 0.6) is 5.75 Å². The Morgan fingerprint density at radius 3 is 2.29 bits per heavy atom. The van der Waals surface area contributed by atoms with Crippen LogP contribution in [0, 0.1) is 11.6 Å². The monoisotopic (exact) mass is 411 g/mol. The number of sulfonamides is 1. The van der Waals surface area contributed by atoms with Gasteiger partial charge in [-0.2, -0.15) is 0 Å². The molecule has 0 bridgehead atoms. The molecular weight excluding hydrogens is 388 g/mol. The fraction of sp³-hybridized carbons (Fsp3) is 0.368. The van der Waals surface area contributed by atoms with Crippen LogP contribution in [0.3, 0.4) is 0 Å². The number of hydrogen-bond donors (Lipinski definition) is 1. The largest absolute Gasteiger partial charge is 0.497 e. The molecule has 1 saturated heterocycles. The van der Waals surface area contributed by atoms with Gasteiger partial charge in [0.1, 0.15) is 5.75 Å². The number of hydrogen-bond acceptors (Lipinski definition) is 5. The molecule has 1 aliphatic rings. The lowest BCUT2D eigenvalue weighted by Crippen LogP contribution is -2.48. The van der Waals surface area contributed by atoms with Crippen molar-refractivity contribution in [1.29, 1.82) is 0 Å². The van der Waals surface area contributed by atoms with Gasteiger partial charge in [0.2, 0.25) is 10.0 Å². The summed E-state index contributed by atoms with van der Waals surface area (Å²) in [7, 11) is -2.23. The van der Waals surface area contributed by atoms with Crippen LogP contribution in [-0.4, -0.2) is 59.7 Å². The Kier molecular flexibility index (Phi) is 6.48. The summed E-state index contributed by atoms with van der Waals surface area (Å²) in [5, 5.41) is 0. The normalized spacial score (nSPS) is 15.6. The highest BCUT2D eigenvalue weighted by molar-refractivity contribution is 7.89. The minimum Gasteiger partial charge on any atom is -0.497 e. The van der Waals surface area contributed by atoms with E-state index in [9.17, 15) is 17.2 Å². The summed E-state index contributed by atoms with van der Waals surface area (Å²) in [6.45, 7) is 4.02. The Labute approximate surface area is 163 Å². The molecule has 1 heterocycles. The molecule has 1 aliphatic heterocycles. The van der Waals surface area contributed by atoms with E-state index in [-0.39, 0.29) is 11.4 Å². The summed E-state index contributed by atoms with van der Waals surface area (Å²) >= 11 is 0. The molecule has 3 rings (SSSR count). The van der Waals surface area contributed by atoms with Gasteiger partial charge in [-0.1, -0.05) is 0 Å². The summed E-state index contributed by atoms with van der Waals surface area (Å²) in [6, 6.07) is 10.4. The molecule has 0 atom stereocenters. The van der Waals surface area contributed by atoms with Crippen molar-refractivity contribution in [3.63, 3.8) is 0 Å². The van der Waals surface area contributed by atoms with Crippen LogP contribution in [0.25, 0.3) is 0 Å². The highest BCUT2D eigenvalue weighted by atomic mass is 32.2. The van der Waals surface area contributed by atoms with E-state index in [4.69, 9.17) is 4.74 Å². The molecule has 152 valence electrons. The SMILES string of the molecule is COc1ccc(N2CCN(CCNS(=O)(=O)c3ccc(F)c(F)c3)CC2)cc1. The highest BCUT2D eigenvalue weighted by Crippen LogP contribution is 2.20. The number of benzene rings is 2. The van der Waals surface area contributed by atoms with Gasteiger partial charge in [-0.05, 0) is 42.5 Å². The summed E-state index contributed by atoms with van der Waals surface area (Å²) in [6.07, 6.45) is 0. The van der Waals surface area contributed by atoms with E-state index in [0.717, 1.165) is 49.7 Å². The summed E-state index contributed by atoms with van der Waals surface area (Å²) in [5.41, 5.74) is 1.12. The minimum absolute atomic E-state index is 0.198. The second-order valence-corrected chi connectivity index (χ2v) is 8.27. The number of anilines is 1. The molecule has 28 heavy (non-hydrogen) atoms. The Balaban J connectivity index is 1.46. The van der Waals surface area contributed by atoms with Crippen molar-refractivity contribution in [1.82, 2.24) is 9.62 Å². The number of methoxy groups -OCH3 is 1. The Morgan fingerprint density at radius 1 is 1.00 bits per heavy atom. The van der Waals surface area contributed by atoms with Gasteiger partial charge in [0.25, 0.3) is 0 Å². The van der Waals surface area contributed by atoms with E-state index in [1.165, 1.54) is 0 Å². The van der Waals surface area contributed by atoms with Crippen molar-refractivity contribution < 1.29 is 21.9 Å². The van der Waals surface area contributed by atoms with Crippen LogP contribution < -0.4 is 14.4 Å². The number of ether oxygens (including phenoxy) is 1. The summed E-state index contributed by atoms with van der Waals surface area (Å²) < 4.78 is 58.2. The first-order valence-corrected chi connectivity index (χ1v) is 10.4. The zero-order valence-corrected chi connectivity index (χ0v) is 16.4. The third-order valence-corrected chi connectivity index (χ3v) is 6.19. The van der Waals surface area contributed by atoms with Crippen molar-refractivity contribution >= 4 is 15.7 Å². The molecule has 0 amide bonds. The first-order valence-electron chi connectivity index (χ1n) is 8.95. The van der Waals surface area contributed by atoms with E-state index in [0.29, 0.717) is 12.6 Å². The van der Waals surface area contributed by atoms with Gasteiger partial charge < -0.3 is 9.64 Å². The molecule has 0 aliphatic carbocycles. The second kappa shape index (κ2) is 8.85. The molecule has 0 unspecified atom stereocenters. The predicted octanol–water partition coefficient (Wildman–Crippen LogP) is 2.07. The Hall–Kier alpha value is -2.23. The number of rotatable bonds is 7. The third kappa shape index (κ3) is 4.98. The van der Waals surface area contributed by atoms with Gasteiger partial charge in [0.05, 0.1) is 12.0 Å². The fourth-order valence-corrected chi connectivity index (χ4v) is 4.12. The maximum atomic E-state index is 13.3. The first kappa shape index (κ1) is 20.5. The lowest BCUT2D eigenvalue weighted by atomic mass is 10.2. The maximum Gasteiger partial charge on any atom is 0.240 e. The van der Waals surface area contributed by atoms with Crippen LogP contribution in [0.15, 0.2) is 47.4 Å². The van der Waals surface area contributed by atoms with Crippen molar-refractivity contribution in [2.45, 2.75) is 4.90 Å². The van der Waals surface area contributed by atoms with Crippen LogP contribution in [-0.2, 0) is 10.0 Å². The number of piperazine rings is 1. The molecule has 0 saturated carbocycles. The molecular formula is C19H23F2N3O3S. The summed E-state index contributed by atoms with van der Waals surface area (Å²) in [5.74, 6) is -1.44. The van der Waals surface area contributed by atoms with Gasteiger partial charge >= 0.3 is 0 Å². The van der Waals surface area contributed by atoms with Crippen LogP contribution in [0.4, 0.5) is 14.5 Å². The second-order valence-electron chi connectivity index (χ2n) is 6.50. The Morgan fingerprint density at radius 2 is 1.68 bits per heavy atom. The average Bonchev–Trinajstić information content (AvgIpc) is 2.70. The van der Waals surface area contributed by atoms with Gasteiger partial charge in [-0.25, -0.2) is 21.9 Å². The van der Waals surface area contributed by atoms with Crippen LogP contribution in [0.2, 0.25) is 0 Å². The molecule has 2 aromatic rings. The number of halogens is 2. The van der Waals surface area contributed by atoms with Crippen molar-refractivity contribution in [2.75, 3.05) is 51.3 Å². The highest BCUT2D eigenvalue weighted by Gasteiger charge is 2.19. The number of nitrogens with zero attached hydrogens (tertiary/aromatic N) is 2. The van der Waals surface area contributed by atoms with Crippen LogP contribution in [0.1, 0.15) is 0 Å². The van der Waals surface area contributed by atoms with Gasteiger partial charge in [-0.3, -0.25) is 4.90 Å². The quantitative estimate of drug-likeness (QED) is 0.756. The predicted molar refractivity (Wildman–Crippen MR) is 103 cm³/mol. The van der Waals surface area contributed by atoms with E-state index >= 15 is 0 Å². The molecule has 2 aromatic carbocycles. The third-order valence-electron chi connectivity index (χ3n) is 4.73. The van der Waals surface area contributed by atoms with Crippen molar-refractivity contribution in [3.8, 4) is 5.75 Å². The van der Waals surface area contributed by atoms with E-state index in [2.05, 4.69) is 14.5 Å². The standard InChI is InChI=1S/C19H23F2N3O3S/c1-27-16-4-2-15(3-5-16)24-12-10-23(11-13-24)9-8-22-28(25,26)17-6-7-18(20)19(21)14-17/h2-7,14,22H,8-13H2,1H3. The van der Waals surface area contributed by atoms with Crippen molar-refractivity contribution in [2.24, 2.45) is 0 Å². The maximum absolute atomic E-state index is 13.3. The van der Waals surface area contributed by atoms with Gasteiger partial charge in [0.15, 0.2) is 11.6 Å². The molecule has 0 aromatic heterocycles.